The molecule has 0 saturated carbocycles. The van der Waals surface area contributed by atoms with Crippen molar-refractivity contribution in [3.05, 3.63) is 53.6 Å². The van der Waals surface area contributed by atoms with Crippen LogP contribution in [0, 0.1) is 13.8 Å². The van der Waals surface area contributed by atoms with Crippen LogP contribution in [0.15, 0.2) is 42.5 Å². The standard InChI is InChI=1S/C18H21NO3/c1-4-21-16-9-6-8-15(11-16)19-18(20)12-22-17-10-5-7-13(2)14(17)3/h5-11H,4,12H2,1-3H3,(H,19,20). The van der Waals surface area contributed by atoms with Gasteiger partial charge in [0.25, 0.3) is 5.91 Å². The lowest BCUT2D eigenvalue weighted by molar-refractivity contribution is -0.118. The molecule has 0 heterocycles. The van der Waals surface area contributed by atoms with Crippen molar-refractivity contribution in [2.45, 2.75) is 20.8 Å². The molecule has 22 heavy (non-hydrogen) atoms. The van der Waals surface area contributed by atoms with E-state index in [9.17, 15) is 4.79 Å². The molecule has 0 atom stereocenters. The second-order valence-corrected chi connectivity index (χ2v) is 5.00. The zero-order valence-electron chi connectivity index (χ0n) is 13.2. The molecular weight excluding hydrogens is 278 g/mol. The molecule has 0 saturated heterocycles. The molecule has 0 aliphatic rings. The van der Waals surface area contributed by atoms with Gasteiger partial charge < -0.3 is 14.8 Å². The van der Waals surface area contributed by atoms with Gasteiger partial charge in [-0.3, -0.25) is 4.79 Å². The largest absolute Gasteiger partial charge is 0.494 e. The van der Waals surface area contributed by atoms with Gasteiger partial charge in [0.2, 0.25) is 0 Å². The molecule has 0 fully saturated rings. The predicted octanol–water partition coefficient (Wildman–Crippen LogP) is 3.72. The normalized spacial score (nSPS) is 10.1. The van der Waals surface area contributed by atoms with E-state index in [0.29, 0.717) is 12.3 Å². The maximum absolute atomic E-state index is 12.0. The monoisotopic (exact) mass is 299 g/mol. The van der Waals surface area contributed by atoms with Gasteiger partial charge in [-0.25, -0.2) is 0 Å². The summed E-state index contributed by atoms with van der Waals surface area (Å²) in [5, 5.41) is 2.80. The van der Waals surface area contributed by atoms with Crippen molar-refractivity contribution in [1.29, 1.82) is 0 Å². The number of carbonyl (C=O) groups excluding carboxylic acids is 1. The Morgan fingerprint density at radius 1 is 1.09 bits per heavy atom. The van der Waals surface area contributed by atoms with Gasteiger partial charge in [0, 0.05) is 11.8 Å². The molecule has 0 bridgehead atoms. The van der Waals surface area contributed by atoms with Crippen LogP contribution in [0.2, 0.25) is 0 Å². The van der Waals surface area contributed by atoms with Gasteiger partial charge in [-0.1, -0.05) is 18.2 Å². The van der Waals surface area contributed by atoms with Crippen molar-refractivity contribution in [3.8, 4) is 11.5 Å². The molecule has 4 heteroatoms. The van der Waals surface area contributed by atoms with Crippen molar-refractivity contribution in [1.82, 2.24) is 0 Å². The van der Waals surface area contributed by atoms with E-state index in [1.165, 1.54) is 0 Å². The molecule has 0 aliphatic carbocycles. The Balaban J connectivity index is 1.93. The SMILES string of the molecule is CCOc1cccc(NC(=O)COc2cccc(C)c2C)c1. The third-order valence-corrected chi connectivity index (χ3v) is 3.34. The fourth-order valence-electron chi connectivity index (χ4n) is 2.05. The molecule has 2 aromatic carbocycles. The minimum atomic E-state index is -0.199. The van der Waals surface area contributed by atoms with E-state index in [0.717, 1.165) is 22.6 Å². The number of aryl methyl sites for hydroxylation is 1. The number of anilines is 1. The summed E-state index contributed by atoms with van der Waals surface area (Å²) >= 11 is 0. The van der Waals surface area contributed by atoms with E-state index in [2.05, 4.69) is 5.32 Å². The minimum Gasteiger partial charge on any atom is -0.494 e. The molecule has 1 amide bonds. The molecule has 2 aromatic rings. The molecule has 116 valence electrons. The molecule has 0 aliphatic heterocycles. The molecule has 0 spiro atoms. The van der Waals surface area contributed by atoms with Crippen LogP contribution in [0.5, 0.6) is 11.5 Å². The van der Waals surface area contributed by atoms with Gasteiger partial charge in [-0.2, -0.15) is 0 Å². The van der Waals surface area contributed by atoms with E-state index >= 15 is 0 Å². The van der Waals surface area contributed by atoms with Gasteiger partial charge in [-0.05, 0) is 50.1 Å². The van der Waals surface area contributed by atoms with E-state index in [1.54, 1.807) is 6.07 Å². The van der Waals surface area contributed by atoms with E-state index in [1.807, 2.05) is 57.2 Å². The highest BCUT2D eigenvalue weighted by molar-refractivity contribution is 5.92. The first-order valence-electron chi connectivity index (χ1n) is 7.32. The maximum atomic E-state index is 12.0. The van der Waals surface area contributed by atoms with E-state index in [-0.39, 0.29) is 12.5 Å². The first kappa shape index (κ1) is 15.9. The van der Waals surface area contributed by atoms with Crippen LogP contribution >= 0.6 is 0 Å². The fraction of sp³-hybridized carbons (Fsp3) is 0.278. The third-order valence-electron chi connectivity index (χ3n) is 3.34. The first-order valence-corrected chi connectivity index (χ1v) is 7.32. The van der Waals surface area contributed by atoms with Gasteiger partial charge in [0.1, 0.15) is 11.5 Å². The van der Waals surface area contributed by atoms with Crippen LogP contribution in [0.3, 0.4) is 0 Å². The predicted molar refractivity (Wildman–Crippen MR) is 87.7 cm³/mol. The summed E-state index contributed by atoms with van der Waals surface area (Å²) in [6, 6.07) is 13.1. The molecule has 4 nitrogen and oxygen atoms in total. The molecule has 1 N–H and O–H groups in total. The van der Waals surface area contributed by atoms with Crippen LogP contribution in [0.1, 0.15) is 18.1 Å². The Morgan fingerprint density at radius 2 is 1.86 bits per heavy atom. The summed E-state index contributed by atoms with van der Waals surface area (Å²) in [4.78, 5) is 12.0. The number of benzene rings is 2. The number of ether oxygens (including phenoxy) is 2. The minimum absolute atomic E-state index is 0.0246. The highest BCUT2D eigenvalue weighted by Crippen LogP contribution is 2.21. The van der Waals surface area contributed by atoms with Crippen molar-refractivity contribution in [2.24, 2.45) is 0 Å². The average Bonchev–Trinajstić information content (AvgIpc) is 2.49. The highest BCUT2D eigenvalue weighted by atomic mass is 16.5. The zero-order valence-corrected chi connectivity index (χ0v) is 13.2. The number of carbonyl (C=O) groups is 1. The Morgan fingerprint density at radius 3 is 2.64 bits per heavy atom. The highest BCUT2D eigenvalue weighted by Gasteiger charge is 2.07. The molecular formula is C18H21NO3. The fourth-order valence-corrected chi connectivity index (χ4v) is 2.05. The van der Waals surface area contributed by atoms with Crippen molar-refractivity contribution < 1.29 is 14.3 Å². The summed E-state index contributed by atoms with van der Waals surface area (Å²) in [6.45, 7) is 6.48. The van der Waals surface area contributed by atoms with Crippen LogP contribution in [-0.2, 0) is 4.79 Å². The molecule has 0 unspecified atom stereocenters. The topological polar surface area (TPSA) is 47.6 Å². The molecule has 0 radical (unpaired) electrons. The molecule has 0 aromatic heterocycles. The number of rotatable bonds is 6. The lowest BCUT2D eigenvalue weighted by Gasteiger charge is -2.11. The lowest BCUT2D eigenvalue weighted by atomic mass is 10.1. The summed E-state index contributed by atoms with van der Waals surface area (Å²) in [6.07, 6.45) is 0. The van der Waals surface area contributed by atoms with E-state index in [4.69, 9.17) is 9.47 Å². The van der Waals surface area contributed by atoms with Crippen LogP contribution in [0.4, 0.5) is 5.69 Å². The number of hydrogen-bond acceptors (Lipinski definition) is 3. The summed E-state index contributed by atoms with van der Waals surface area (Å²) in [5.74, 6) is 1.27. The maximum Gasteiger partial charge on any atom is 0.262 e. The van der Waals surface area contributed by atoms with Crippen molar-refractivity contribution in [3.63, 3.8) is 0 Å². The third kappa shape index (κ3) is 4.25. The quantitative estimate of drug-likeness (QED) is 0.884. The van der Waals surface area contributed by atoms with E-state index < -0.39 is 0 Å². The second-order valence-electron chi connectivity index (χ2n) is 5.00. The van der Waals surface area contributed by atoms with Gasteiger partial charge in [0.15, 0.2) is 6.61 Å². The smallest absolute Gasteiger partial charge is 0.262 e. The number of amides is 1. The number of nitrogens with one attached hydrogen (secondary N) is 1. The summed E-state index contributed by atoms with van der Waals surface area (Å²) in [5.41, 5.74) is 2.89. The lowest BCUT2D eigenvalue weighted by Crippen LogP contribution is -2.20. The summed E-state index contributed by atoms with van der Waals surface area (Å²) in [7, 11) is 0. The van der Waals surface area contributed by atoms with Crippen LogP contribution < -0.4 is 14.8 Å². The van der Waals surface area contributed by atoms with Gasteiger partial charge in [0.05, 0.1) is 6.61 Å². The van der Waals surface area contributed by atoms with Crippen LogP contribution in [-0.4, -0.2) is 19.1 Å². The Labute approximate surface area is 131 Å². The Hall–Kier alpha value is -2.49. The van der Waals surface area contributed by atoms with Crippen molar-refractivity contribution in [2.75, 3.05) is 18.5 Å². The Bertz CT molecular complexity index is 653. The number of hydrogen-bond donors (Lipinski definition) is 1. The first-order chi connectivity index (χ1) is 10.6. The van der Waals surface area contributed by atoms with Gasteiger partial charge >= 0.3 is 0 Å². The summed E-state index contributed by atoms with van der Waals surface area (Å²) < 4.78 is 11.0. The zero-order chi connectivity index (χ0) is 15.9. The average molecular weight is 299 g/mol. The van der Waals surface area contributed by atoms with Gasteiger partial charge in [-0.15, -0.1) is 0 Å². The molecule has 2 rings (SSSR count). The second kappa shape index (κ2) is 7.50. The van der Waals surface area contributed by atoms with Crippen LogP contribution in [0.25, 0.3) is 0 Å². The van der Waals surface area contributed by atoms with Crippen molar-refractivity contribution >= 4 is 11.6 Å². The Kier molecular flexibility index (Phi) is 5.42.